The summed E-state index contributed by atoms with van der Waals surface area (Å²) in [5.41, 5.74) is 4.53. The van der Waals surface area contributed by atoms with E-state index < -0.39 is 0 Å². The summed E-state index contributed by atoms with van der Waals surface area (Å²) in [6, 6.07) is 10.5. The lowest BCUT2D eigenvalue weighted by molar-refractivity contribution is 0.400. The highest BCUT2D eigenvalue weighted by Gasteiger charge is 2.41. The van der Waals surface area contributed by atoms with Crippen molar-refractivity contribution in [2.75, 3.05) is 13.6 Å². The summed E-state index contributed by atoms with van der Waals surface area (Å²) in [6.45, 7) is 5.91. The Balaban J connectivity index is 1.39. The van der Waals surface area contributed by atoms with Gasteiger partial charge in [0.25, 0.3) is 0 Å². The predicted molar refractivity (Wildman–Crippen MR) is 110 cm³/mol. The second kappa shape index (κ2) is 7.75. The fraction of sp³-hybridized carbons (Fsp3) is 0.545. The first-order valence-electron chi connectivity index (χ1n) is 10.2. The SMILES string of the molecule is CN=C(NCc1ccccc1-n1nc(C)cc1C)NCC(C1CC1)C1CC1. The minimum atomic E-state index is 0.728. The highest BCUT2D eigenvalue weighted by atomic mass is 15.3. The Bertz CT molecular complexity index is 802. The van der Waals surface area contributed by atoms with Crippen LogP contribution in [0.5, 0.6) is 0 Å². The minimum absolute atomic E-state index is 0.728. The summed E-state index contributed by atoms with van der Waals surface area (Å²) >= 11 is 0. The lowest BCUT2D eigenvalue weighted by atomic mass is 9.98. The summed E-state index contributed by atoms with van der Waals surface area (Å²) < 4.78 is 2.03. The average molecular weight is 366 g/mol. The third kappa shape index (κ3) is 4.34. The maximum atomic E-state index is 4.64. The van der Waals surface area contributed by atoms with E-state index in [9.17, 15) is 0 Å². The van der Waals surface area contributed by atoms with E-state index in [-0.39, 0.29) is 0 Å². The van der Waals surface area contributed by atoms with Crippen molar-refractivity contribution in [3.05, 3.63) is 47.3 Å². The molecule has 2 saturated carbocycles. The summed E-state index contributed by atoms with van der Waals surface area (Å²) in [4.78, 5) is 4.43. The van der Waals surface area contributed by atoms with Gasteiger partial charge in [-0.25, -0.2) is 4.68 Å². The number of aryl methyl sites for hydroxylation is 2. The van der Waals surface area contributed by atoms with Crippen LogP contribution in [-0.2, 0) is 6.54 Å². The molecule has 1 aromatic carbocycles. The van der Waals surface area contributed by atoms with Gasteiger partial charge >= 0.3 is 0 Å². The van der Waals surface area contributed by atoms with Gasteiger partial charge in [0.1, 0.15) is 0 Å². The molecule has 1 heterocycles. The number of hydrogen-bond acceptors (Lipinski definition) is 2. The zero-order valence-corrected chi connectivity index (χ0v) is 16.7. The Morgan fingerprint density at radius 2 is 1.85 bits per heavy atom. The number of aliphatic imine (C=N–C) groups is 1. The van der Waals surface area contributed by atoms with Crippen molar-refractivity contribution in [1.82, 2.24) is 20.4 Å². The van der Waals surface area contributed by atoms with E-state index in [2.05, 4.69) is 58.0 Å². The van der Waals surface area contributed by atoms with Crippen LogP contribution in [0.15, 0.2) is 35.3 Å². The zero-order chi connectivity index (χ0) is 18.8. The second-order valence-corrected chi connectivity index (χ2v) is 8.11. The number of rotatable bonds is 7. The number of aromatic nitrogens is 2. The van der Waals surface area contributed by atoms with Crippen molar-refractivity contribution in [1.29, 1.82) is 0 Å². The van der Waals surface area contributed by atoms with Crippen molar-refractivity contribution < 1.29 is 0 Å². The van der Waals surface area contributed by atoms with E-state index in [4.69, 9.17) is 0 Å². The van der Waals surface area contributed by atoms with Crippen molar-refractivity contribution in [2.24, 2.45) is 22.7 Å². The first kappa shape index (κ1) is 18.1. The first-order valence-corrected chi connectivity index (χ1v) is 10.2. The van der Waals surface area contributed by atoms with Crippen LogP contribution in [0, 0.1) is 31.6 Å². The van der Waals surface area contributed by atoms with E-state index in [0.717, 1.165) is 53.9 Å². The van der Waals surface area contributed by atoms with Crippen LogP contribution >= 0.6 is 0 Å². The number of para-hydroxylation sites is 1. The Kier molecular flexibility index (Phi) is 5.19. The fourth-order valence-corrected chi connectivity index (χ4v) is 4.12. The summed E-state index contributed by atoms with van der Waals surface area (Å²) in [5, 5.41) is 11.7. The molecule has 0 saturated heterocycles. The number of nitrogens with zero attached hydrogens (tertiary/aromatic N) is 3. The minimum Gasteiger partial charge on any atom is -0.356 e. The molecule has 27 heavy (non-hydrogen) atoms. The third-order valence-electron chi connectivity index (χ3n) is 5.86. The van der Waals surface area contributed by atoms with E-state index in [0.29, 0.717) is 0 Å². The van der Waals surface area contributed by atoms with Gasteiger partial charge in [-0.05, 0) is 75.0 Å². The van der Waals surface area contributed by atoms with Crippen LogP contribution in [0.25, 0.3) is 5.69 Å². The largest absolute Gasteiger partial charge is 0.356 e. The average Bonchev–Trinajstić information content (AvgIpc) is 3.58. The van der Waals surface area contributed by atoms with E-state index in [1.807, 2.05) is 18.7 Å². The number of benzene rings is 1. The molecule has 2 aromatic rings. The van der Waals surface area contributed by atoms with Gasteiger partial charge in [0.05, 0.1) is 11.4 Å². The highest BCUT2D eigenvalue weighted by Crippen LogP contribution is 2.48. The molecule has 0 radical (unpaired) electrons. The van der Waals surface area contributed by atoms with Crippen LogP contribution in [0.3, 0.4) is 0 Å². The lowest BCUT2D eigenvalue weighted by Crippen LogP contribution is -2.40. The van der Waals surface area contributed by atoms with Gasteiger partial charge in [-0.2, -0.15) is 5.10 Å². The zero-order valence-electron chi connectivity index (χ0n) is 16.7. The molecule has 0 bridgehead atoms. The molecule has 0 atom stereocenters. The van der Waals surface area contributed by atoms with E-state index >= 15 is 0 Å². The second-order valence-electron chi connectivity index (χ2n) is 8.11. The number of hydrogen-bond donors (Lipinski definition) is 2. The Morgan fingerprint density at radius 3 is 2.44 bits per heavy atom. The van der Waals surface area contributed by atoms with E-state index in [1.165, 1.54) is 31.2 Å². The molecule has 2 aliphatic rings. The van der Waals surface area contributed by atoms with Gasteiger partial charge in [-0.1, -0.05) is 18.2 Å². The molecule has 0 aliphatic heterocycles. The lowest BCUT2D eigenvalue weighted by Gasteiger charge is -2.19. The van der Waals surface area contributed by atoms with E-state index in [1.54, 1.807) is 0 Å². The molecule has 2 aliphatic carbocycles. The maximum absolute atomic E-state index is 4.64. The molecule has 1 aromatic heterocycles. The molecule has 4 rings (SSSR count). The Hall–Kier alpha value is -2.30. The maximum Gasteiger partial charge on any atom is 0.191 e. The van der Waals surface area contributed by atoms with Crippen LogP contribution in [0.4, 0.5) is 0 Å². The summed E-state index contributed by atoms with van der Waals surface area (Å²) in [5.74, 6) is 3.64. The first-order chi connectivity index (χ1) is 13.2. The van der Waals surface area contributed by atoms with Crippen molar-refractivity contribution >= 4 is 5.96 Å². The van der Waals surface area contributed by atoms with Crippen LogP contribution in [0.2, 0.25) is 0 Å². The monoisotopic (exact) mass is 365 g/mol. The molecule has 5 nitrogen and oxygen atoms in total. The third-order valence-corrected chi connectivity index (χ3v) is 5.86. The molecule has 2 fully saturated rings. The molecular formula is C22H31N5. The molecular weight excluding hydrogens is 334 g/mol. The Labute approximate surface area is 162 Å². The van der Waals surface area contributed by atoms with Crippen LogP contribution in [-0.4, -0.2) is 29.3 Å². The van der Waals surface area contributed by atoms with Gasteiger partial charge in [0, 0.05) is 25.8 Å². The molecule has 2 N–H and O–H groups in total. The molecule has 144 valence electrons. The fourth-order valence-electron chi connectivity index (χ4n) is 4.12. The van der Waals surface area contributed by atoms with Gasteiger partial charge in [-0.15, -0.1) is 0 Å². The standard InChI is InChI=1S/C22H31N5/c1-15-12-16(2)27(26-15)21-7-5-4-6-19(21)13-24-22(23-3)25-14-20(17-8-9-17)18-10-11-18/h4-7,12,17-18,20H,8-11,13-14H2,1-3H3,(H2,23,24,25). The molecule has 0 unspecified atom stereocenters. The Morgan fingerprint density at radius 1 is 1.15 bits per heavy atom. The topological polar surface area (TPSA) is 54.2 Å². The van der Waals surface area contributed by atoms with Crippen LogP contribution in [0.1, 0.15) is 42.6 Å². The van der Waals surface area contributed by atoms with Gasteiger partial charge in [0.15, 0.2) is 5.96 Å². The van der Waals surface area contributed by atoms with Gasteiger partial charge < -0.3 is 10.6 Å². The highest BCUT2D eigenvalue weighted by molar-refractivity contribution is 5.79. The van der Waals surface area contributed by atoms with Gasteiger partial charge in [-0.3, -0.25) is 4.99 Å². The molecule has 5 heteroatoms. The summed E-state index contributed by atoms with van der Waals surface area (Å²) in [7, 11) is 1.85. The summed E-state index contributed by atoms with van der Waals surface area (Å²) in [6.07, 6.45) is 5.69. The molecule has 0 spiro atoms. The van der Waals surface area contributed by atoms with Crippen molar-refractivity contribution in [3.8, 4) is 5.69 Å². The van der Waals surface area contributed by atoms with Crippen LogP contribution < -0.4 is 10.6 Å². The van der Waals surface area contributed by atoms with Crippen molar-refractivity contribution in [2.45, 2.75) is 46.1 Å². The number of nitrogens with one attached hydrogen (secondary N) is 2. The quantitative estimate of drug-likeness (QED) is 0.582. The number of guanidine groups is 1. The van der Waals surface area contributed by atoms with Crippen molar-refractivity contribution in [3.63, 3.8) is 0 Å². The predicted octanol–water partition coefficient (Wildman–Crippen LogP) is 3.59. The smallest absolute Gasteiger partial charge is 0.191 e. The molecule has 0 amide bonds. The normalized spacial score (nSPS) is 17.4. The van der Waals surface area contributed by atoms with Gasteiger partial charge in [0.2, 0.25) is 0 Å².